The van der Waals surface area contributed by atoms with Crippen molar-refractivity contribution >= 4 is 5.91 Å². The van der Waals surface area contributed by atoms with Crippen molar-refractivity contribution in [2.45, 2.75) is 52.2 Å². The van der Waals surface area contributed by atoms with E-state index in [1.54, 1.807) is 13.8 Å². The van der Waals surface area contributed by atoms with Crippen LogP contribution >= 0.6 is 0 Å². The van der Waals surface area contributed by atoms with Crippen molar-refractivity contribution in [3.63, 3.8) is 0 Å². The zero-order valence-corrected chi connectivity index (χ0v) is 11.2. The van der Waals surface area contributed by atoms with E-state index in [4.69, 9.17) is 0 Å². The molecule has 0 aliphatic heterocycles. The third-order valence-electron chi connectivity index (χ3n) is 2.20. The van der Waals surface area contributed by atoms with E-state index in [2.05, 4.69) is 12.2 Å². The topological polar surface area (TPSA) is 52.6 Å². The van der Waals surface area contributed by atoms with Crippen LogP contribution in [0.15, 0.2) is 0 Å². The number of nitrogens with one attached hydrogen (secondary N) is 1. The lowest BCUT2D eigenvalue weighted by molar-refractivity contribution is -0.123. The Labute approximate surface area is 99.0 Å². The maximum absolute atomic E-state index is 11.6. The summed E-state index contributed by atoms with van der Waals surface area (Å²) >= 11 is 0. The molecule has 0 aliphatic carbocycles. The molecule has 96 valence electrons. The molecule has 0 fully saturated rings. The van der Waals surface area contributed by atoms with Gasteiger partial charge >= 0.3 is 0 Å². The molecule has 0 spiro atoms. The van der Waals surface area contributed by atoms with Gasteiger partial charge in [-0.15, -0.1) is 0 Å². The second-order valence-electron chi connectivity index (χ2n) is 5.24. The van der Waals surface area contributed by atoms with Crippen molar-refractivity contribution in [2.24, 2.45) is 0 Å². The van der Waals surface area contributed by atoms with Crippen LogP contribution in [0.4, 0.5) is 0 Å². The average molecular weight is 230 g/mol. The lowest BCUT2D eigenvalue weighted by Crippen LogP contribution is -2.44. The van der Waals surface area contributed by atoms with Crippen molar-refractivity contribution in [3.8, 4) is 0 Å². The number of hydrogen-bond donors (Lipinski definition) is 2. The molecular formula is C12H26N2O2. The molecule has 0 aliphatic rings. The zero-order valence-electron chi connectivity index (χ0n) is 11.2. The Morgan fingerprint density at radius 1 is 1.50 bits per heavy atom. The van der Waals surface area contributed by atoms with Crippen LogP contribution in [-0.4, -0.2) is 47.7 Å². The Morgan fingerprint density at radius 2 is 2.06 bits per heavy atom. The van der Waals surface area contributed by atoms with Gasteiger partial charge in [-0.25, -0.2) is 0 Å². The Morgan fingerprint density at radius 3 is 2.50 bits per heavy atom. The van der Waals surface area contributed by atoms with E-state index in [0.717, 1.165) is 12.8 Å². The summed E-state index contributed by atoms with van der Waals surface area (Å²) in [6.45, 7) is 8.41. The van der Waals surface area contributed by atoms with Gasteiger partial charge in [0.1, 0.15) is 0 Å². The summed E-state index contributed by atoms with van der Waals surface area (Å²) in [6, 6.07) is 0.230. The summed E-state index contributed by atoms with van der Waals surface area (Å²) in [5.74, 6) is 0.0210. The minimum atomic E-state index is -0.760. The van der Waals surface area contributed by atoms with E-state index >= 15 is 0 Å². The summed E-state index contributed by atoms with van der Waals surface area (Å²) in [5.41, 5.74) is -0.760. The van der Waals surface area contributed by atoms with Gasteiger partial charge in [0.05, 0.1) is 12.1 Å². The summed E-state index contributed by atoms with van der Waals surface area (Å²) in [5, 5.41) is 12.5. The smallest absolute Gasteiger partial charge is 0.234 e. The second kappa shape index (κ2) is 6.86. The first-order chi connectivity index (χ1) is 7.24. The van der Waals surface area contributed by atoms with Crippen molar-refractivity contribution in [1.82, 2.24) is 10.2 Å². The molecule has 0 saturated carbocycles. The first kappa shape index (κ1) is 15.4. The van der Waals surface area contributed by atoms with E-state index in [-0.39, 0.29) is 11.9 Å². The highest BCUT2D eigenvalue weighted by atomic mass is 16.3. The first-order valence-electron chi connectivity index (χ1n) is 5.95. The highest BCUT2D eigenvalue weighted by Gasteiger charge is 2.17. The van der Waals surface area contributed by atoms with Crippen LogP contribution in [0, 0.1) is 0 Å². The van der Waals surface area contributed by atoms with Gasteiger partial charge in [-0.05, 0) is 34.2 Å². The van der Waals surface area contributed by atoms with Crippen LogP contribution in [0.5, 0.6) is 0 Å². The minimum absolute atomic E-state index is 0.0210. The summed E-state index contributed by atoms with van der Waals surface area (Å²) in [7, 11) is 1.84. The molecule has 0 bridgehead atoms. The highest BCUT2D eigenvalue weighted by Crippen LogP contribution is 2.02. The number of aliphatic hydroxyl groups is 1. The number of likely N-dealkylation sites (N-methyl/N-ethyl adjacent to an activating group) is 1. The molecule has 4 nitrogen and oxygen atoms in total. The number of carbonyl (C=O) groups is 1. The van der Waals surface area contributed by atoms with Gasteiger partial charge in [0.2, 0.25) is 5.91 Å². The van der Waals surface area contributed by atoms with Crippen molar-refractivity contribution in [1.29, 1.82) is 0 Å². The lowest BCUT2D eigenvalue weighted by Gasteiger charge is -2.25. The van der Waals surface area contributed by atoms with Crippen LogP contribution in [-0.2, 0) is 4.79 Å². The molecule has 4 heteroatoms. The van der Waals surface area contributed by atoms with Crippen LogP contribution in [0.3, 0.4) is 0 Å². The third kappa shape index (κ3) is 8.68. The average Bonchev–Trinajstić information content (AvgIpc) is 1.98. The second-order valence-corrected chi connectivity index (χ2v) is 5.24. The summed E-state index contributed by atoms with van der Waals surface area (Å²) in [6.07, 6.45) is 2.07. The molecule has 0 aromatic heterocycles. The first-order valence-corrected chi connectivity index (χ1v) is 5.95. The molecule has 0 rings (SSSR count). The van der Waals surface area contributed by atoms with Gasteiger partial charge in [-0.3, -0.25) is 9.69 Å². The van der Waals surface area contributed by atoms with E-state index < -0.39 is 5.60 Å². The molecule has 0 saturated heterocycles. The van der Waals surface area contributed by atoms with E-state index in [1.807, 2.05) is 18.9 Å². The number of amides is 1. The Hall–Kier alpha value is -0.610. The predicted octanol–water partition coefficient (Wildman–Crippen LogP) is 0.994. The Bertz CT molecular complexity index is 212. The van der Waals surface area contributed by atoms with Crippen molar-refractivity contribution < 1.29 is 9.90 Å². The summed E-state index contributed by atoms with van der Waals surface area (Å²) < 4.78 is 0. The monoisotopic (exact) mass is 230 g/mol. The van der Waals surface area contributed by atoms with Crippen LogP contribution in [0.25, 0.3) is 0 Å². The molecule has 0 heterocycles. The maximum atomic E-state index is 11.6. The fourth-order valence-corrected chi connectivity index (χ4v) is 1.79. The predicted molar refractivity (Wildman–Crippen MR) is 66.3 cm³/mol. The quantitative estimate of drug-likeness (QED) is 0.686. The number of nitrogens with zero attached hydrogens (tertiary/aromatic N) is 1. The molecule has 0 aromatic rings. The number of hydrogen-bond acceptors (Lipinski definition) is 3. The molecule has 0 aromatic carbocycles. The standard InChI is InChI=1S/C12H26N2O2/c1-6-7-10(2)13-11(15)8-14(5)9-12(3,4)16/h10,16H,6-9H2,1-5H3,(H,13,15). The molecule has 1 unspecified atom stereocenters. The highest BCUT2D eigenvalue weighted by molar-refractivity contribution is 5.78. The molecule has 1 amide bonds. The lowest BCUT2D eigenvalue weighted by atomic mass is 10.1. The number of carbonyl (C=O) groups excluding carboxylic acids is 1. The van der Waals surface area contributed by atoms with Gasteiger partial charge in [0, 0.05) is 12.6 Å². The Kier molecular flexibility index (Phi) is 6.60. The molecule has 2 N–H and O–H groups in total. The molecule has 1 atom stereocenters. The van der Waals surface area contributed by atoms with Crippen LogP contribution in [0.1, 0.15) is 40.5 Å². The third-order valence-corrected chi connectivity index (χ3v) is 2.20. The fraction of sp³-hybridized carbons (Fsp3) is 0.917. The molecule has 0 radical (unpaired) electrons. The number of rotatable bonds is 7. The summed E-state index contributed by atoms with van der Waals surface area (Å²) in [4.78, 5) is 13.4. The fourth-order valence-electron chi connectivity index (χ4n) is 1.79. The van der Waals surface area contributed by atoms with Crippen LogP contribution in [0.2, 0.25) is 0 Å². The Balaban J connectivity index is 3.87. The van der Waals surface area contributed by atoms with Gasteiger partial charge < -0.3 is 10.4 Å². The van der Waals surface area contributed by atoms with Gasteiger partial charge in [-0.2, -0.15) is 0 Å². The van der Waals surface area contributed by atoms with Crippen molar-refractivity contribution in [3.05, 3.63) is 0 Å². The SMILES string of the molecule is CCCC(C)NC(=O)CN(C)CC(C)(C)O. The van der Waals surface area contributed by atoms with Gasteiger partial charge in [0.15, 0.2) is 0 Å². The molecular weight excluding hydrogens is 204 g/mol. The zero-order chi connectivity index (χ0) is 12.8. The van der Waals surface area contributed by atoms with Gasteiger partial charge in [0.25, 0.3) is 0 Å². The van der Waals surface area contributed by atoms with Crippen LogP contribution < -0.4 is 5.32 Å². The normalized spacial score (nSPS) is 13.9. The van der Waals surface area contributed by atoms with E-state index in [9.17, 15) is 9.90 Å². The largest absolute Gasteiger partial charge is 0.389 e. The molecule has 16 heavy (non-hydrogen) atoms. The minimum Gasteiger partial charge on any atom is -0.389 e. The maximum Gasteiger partial charge on any atom is 0.234 e. The van der Waals surface area contributed by atoms with Crippen molar-refractivity contribution in [2.75, 3.05) is 20.1 Å². The van der Waals surface area contributed by atoms with E-state index in [0.29, 0.717) is 13.1 Å². The van der Waals surface area contributed by atoms with E-state index in [1.165, 1.54) is 0 Å². The van der Waals surface area contributed by atoms with Gasteiger partial charge in [-0.1, -0.05) is 13.3 Å².